The van der Waals surface area contributed by atoms with E-state index in [1.165, 1.54) is 13.2 Å². The van der Waals surface area contributed by atoms with Gasteiger partial charge in [0.25, 0.3) is 5.91 Å². The Labute approximate surface area is 167 Å². The first-order valence-corrected chi connectivity index (χ1v) is 8.77. The zero-order valence-electron chi connectivity index (χ0n) is 16.0. The smallest absolute Gasteiger partial charge is 0.325 e. The van der Waals surface area contributed by atoms with Crippen molar-refractivity contribution in [1.82, 2.24) is 4.57 Å². The molecule has 0 saturated carbocycles. The number of esters is 1. The number of hydrogen-bond donors (Lipinski definition) is 1. The van der Waals surface area contributed by atoms with Crippen LogP contribution in [0.3, 0.4) is 0 Å². The molecular formula is C22H19N3O4. The van der Waals surface area contributed by atoms with E-state index in [1.54, 1.807) is 42.1 Å². The number of ether oxygens (including phenoxy) is 2. The monoisotopic (exact) mass is 389 g/mol. The van der Waals surface area contributed by atoms with E-state index in [-0.39, 0.29) is 18.1 Å². The van der Waals surface area contributed by atoms with E-state index in [0.29, 0.717) is 17.0 Å². The van der Waals surface area contributed by atoms with Crippen molar-refractivity contribution < 1.29 is 19.1 Å². The number of aromatic nitrogens is 1. The number of benzene rings is 2. The van der Waals surface area contributed by atoms with Crippen molar-refractivity contribution >= 4 is 34.5 Å². The van der Waals surface area contributed by atoms with Gasteiger partial charge in [0.1, 0.15) is 23.9 Å². The highest BCUT2D eigenvalue weighted by atomic mass is 16.5. The van der Waals surface area contributed by atoms with Gasteiger partial charge in [-0.3, -0.25) is 9.59 Å². The molecule has 1 heterocycles. The molecule has 146 valence electrons. The average molecular weight is 389 g/mol. The zero-order valence-corrected chi connectivity index (χ0v) is 16.0. The van der Waals surface area contributed by atoms with Gasteiger partial charge in [0.2, 0.25) is 0 Å². The predicted molar refractivity (Wildman–Crippen MR) is 109 cm³/mol. The highest BCUT2D eigenvalue weighted by Gasteiger charge is 2.14. The van der Waals surface area contributed by atoms with E-state index in [0.717, 1.165) is 10.9 Å². The molecule has 0 bridgehead atoms. The van der Waals surface area contributed by atoms with Crippen LogP contribution in [0.4, 0.5) is 5.69 Å². The van der Waals surface area contributed by atoms with Crippen molar-refractivity contribution in [3.63, 3.8) is 0 Å². The molecule has 0 unspecified atom stereocenters. The fourth-order valence-electron chi connectivity index (χ4n) is 2.90. The number of carbonyl (C=O) groups excluding carboxylic acids is 2. The van der Waals surface area contributed by atoms with Gasteiger partial charge in [-0.1, -0.05) is 18.2 Å². The van der Waals surface area contributed by atoms with E-state index in [9.17, 15) is 14.9 Å². The summed E-state index contributed by atoms with van der Waals surface area (Å²) in [6, 6.07) is 16.2. The lowest BCUT2D eigenvalue weighted by molar-refractivity contribution is -0.141. The molecule has 0 fully saturated rings. The number of methoxy groups -OCH3 is 2. The highest BCUT2D eigenvalue weighted by Crippen LogP contribution is 2.24. The van der Waals surface area contributed by atoms with E-state index in [4.69, 9.17) is 9.47 Å². The molecule has 0 aliphatic heterocycles. The van der Waals surface area contributed by atoms with Crippen molar-refractivity contribution in [1.29, 1.82) is 5.26 Å². The van der Waals surface area contributed by atoms with Gasteiger partial charge in [0.05, 0.1) is 14.2 Å². The Hall–Kier alpha value is -4.05. The third-order valence-corrected chi connectivity index (χ3v) is 4.36. The number of hydrogen-bond acceptors (Lipinski definition) is 5. The maximum Gasteiger partial charge on any atom is 0.325 e. The first-order valence-electron chi connectivity index (χ1n) is 8.77. The summed E-state index contributed by atoms with van der Waals surface area (Å²) in [7, 11) is 2.88. The van der Waals surface area contributed by atoms with Gasteiger partial charge in [-0.15, -0.1) is 0 Å². The topological polar surface area (TPSA) is 93.4 Å². The fraction of sp³-hybridized carbons (Fsp3) is 0.136. The lowest BCUT2D eigenvalue weighted by Crippen LogP contribution is -2.13. The second kappa shape index (κ2) is 8.76. The van der Waals surface area contributed by atoms with Crippen LogP contribution >= 0.6 is 0 Å². The van der Waals surface area contributed by atoms with Crippen molar-refractivity contribution in [2.75, 3.05) is 19.5 Å². The predicted octanol–water partition coefficient (Wildman–Crippen LogP) is 3.37. The summed E-state index contributed by atoms with van der Waals surface area (Å²) in [5, 5.41) is 13.0. The quantitative estimate of drug-likeness (QED) is 0.396. The van der Waals surface area contributed by atoms with Gasteiger partial charge in [-0.25, -0.2) is 0 Å². The standard InChI is InChI=1S/C22H19N3O4/c1-28-18-9-7-17(8-10-18)24-22(27)15(12-23)11-16-13-25(14-21(26)29-2)20-6-4-3-5-19(16)20/h3-11,13H,14H2,1-2H3,(H,24,27). The number of nitrogens with zero attached hydrogens (tertiary/aromatic N) is 2. The number of fused-ring (bicyclic) bond motifs is 1. The molecule has 1 N–H and O–H groups in total. The van der Waals surface area contributed by atoms with Crippen LogP contribution in [0.15, 0.2) is 60.3 Å². The molecule has 2 aromatic carbocycles. The van der Waals surface area contributed by atoms with E-state index < -0.39 is 5.91 Å². The summed E-state index contributed by atoms with van der Waals surface area (Å²) < 4.78 is 11.5. The van der Waals surface area contributed by atoms with E-state index >= 15 is 0 Å². The van der Waals surface area contributed by atoms with E-state index in [2.05, 4.69) is 5.32 Å². The molecule has 7 nitrogen and oxygen atoms in total. The molecule has 0 radical (unpaired) electrons. The molecule has 1 aromatic heterocycles. The van der Waals surface area contributed by atoms with Crippen LogP contribution in [0.25, 0.3) is 17.0 Å². The fourth-order valence-corrected chi connectivity index (χ4v) is 2.90. The number of carbonyl (C=O) groups is 2. The average Bonchev–Trinajstić information content (AvgIpc) is 3.09. The summed E-state index contributed by atoms with van der Waals surface area (Å²) >= 11 is 0. The summed E-state index contributed by atoms with van der Waals surface area (Å²) in [4.78, 5) is 24.2. The van der Waals surface area contributed by atoms with Crippen molar-refractivity contribution in [3.8, 4) is 11.8 Å². The molecule has 3 aromatic rings. The van der Waals surface area contributed by atoms with Gasteiger partial charge >= 0.3 is 5.97 Å². The van der Waals surface area contributed by atoms with Crippen LogP contribution < -0.4 is 10.1 Å². The van der Waals surface area contributed by atoms with Gasteiger partial charge in [0.15, 0.2) is 0 Å². The van der Waals surface area contributed by atoms with E-state index in [1.807, 2.05) is 30.3 Å². The maximum atomic E-state index is 12.6. The molecule has 0 atom stereocenters. The van der Waals surface area contributed by atoms with Crippen LogP contribution in [-0.4, -0.2) is 30.7 Å². The van der Waals surface area contributed by atoms with Gasteiger partial charge < -0.3 is 19.4 Å². The first kappa shape index (κ1) is 19.7. The van der Waals surface area contributed by atoms with Gasteiger partial charge in [0, 0.05) is 28.4 Å². The van der Waals surface area contributed by atoms with Crippen molar-refractivity contribution in [3.05, 3.63) is 65.9 Å². The molecule has 1 amide bonds. The Kier molecular flexibility index (Phi) is 5.95. The SMILES string of the molecule is COC(=O)Cn1cc(C=C(C#N)C(=O)Nc2ccc(OC)cc2)c2ccccc21. The molecule has 0 spiro atoms. The number of para-hydroxylation sites is 1. The third-order valence-electron chi connectivity index (χ3n) is 4.36. The second-order valence-corrected chi connectivity index (χ2v) is 6.16. The minimum Gasteiger partial charge on any atom is -0.497 e. The Balaban J connectivity index is 1.91. The zero-order chi connectivity index (χ0) is 20.8. The van der Waals surface area contributed by atoms with Crippen molar-refractivity contribution in [2.24, 2.45) is 0 Å². The summed E-state index contributed by atoms with van der Waals surface area (Å²) in [5.74, 6) is -0.251. The van der Waals surface area contributed by atoms with Crippen LogP contribution in [0.1, 0.15) is 5.56 Å². The van der Waals surface area contributed by atoms with Crippen LogP contribution in [0.2, 0.25) is 0 Å². The van der Waals surface area contributed by atoms with Crippen LogP contribution in [0.5, 0.6) is 5.75 Å². The molecular weight excluding hydrogens is 370 g/mol. The second-order valence-electron chi connectivity index (χ2n) is 6.16. The third kappa shape index (κ3) is 4.45. The Morgan fingerprint density at radius 1 is 1.14 bits per heavy atom. The van der Waals surface area contributed by atoms with Crippen molar-refractivity contribution in [2.45, 2.75) is 6.54 Å². The van der Waals surface area contributed by atoms with Crippen LogP contribution in [-0.2, 0) is 20.9 Å². The highest BCUT2D eigenvalue weighted by molar-refractivity contribution is 6.10. The summed E-state index contributed by atoms with van der Waals surface area (Å²) in [6.07, 6.45) is 3.23. The Morgan fingerprint density at radius 2 is 1.86 bits per heavy atom. The minimum absolute atomic E-state index is 0.0325. The summed E-state index contributed by atoms with van der Waals surface area (Å²) in [5.41, 5.74) is 1.95. The normalized spacial score (nSPS) is 11.0. The largest absolute Gasteiger partial charge is 0.497 e. The molecule has 29 heavy (non-hydrogen) atoms. The first-order chi connectivity index (χ1) is 14.0. The lowest BCUT2D eigenvalue weighted by Gasteiger charge is -2.05. The lowest BCUT2D eigenvalue weighted by atomic mass is 10.1. The number of anilines is 1. The van der Waals surface area contributed by atoms with Gasteiger partial charge in [-0.2, -0.15) is 5.26 Å². The number of amides is 1. The number of nitriles is 1. The van der Waals surface area contributed by atoms with Gasteiger partial charge in [-0.05, 0) is 36.4 Å². The Morgan fingerprint density at radius 3 is 2.52 bits per heavy atom. The number of nitrogens with one attached hydrogen (secondary N) is 1. The maximum absolute atomic E-state index is 12.6. The molecule has 3 rings (SSSR count). The summed E-state index contributed by atoms with van der Waals surface area (Å²) in [6.45, 7) is 0.0325. The molecule has 7 heteroatoms. The number of rotatable bonds is 6. The molecule has 0 saturated heterocycles. The molecule has 0 aliphatic carbocycles. The molecule has 0 aliphatic rings. The Bertz CT molecular complexity index is 1120. The minimum atomic E-state index is -0.525. The van der Waals surface area contributed by atoms with Crippen LogP contribution in [0, 0.1) is 11.3 Å².